The molecule has 178 valence electrons. The van der Waals surface area contributed by atoms with Crippen LogP contribution in [0.3, 0.4) is 0 Å². The molecule has 0 bridgehead atoms. The molecule has 7 aromatic rings. The summed E-state index contributed by atoms with van der Waals surface area (Å²) < 4.78 is 0. The second-order valence-corrected chi connectivity index (χ2v) is 8.89. The van der Waals surface area contributed by atoms with Crippen LogP contribution in [0.25, 0.3) is 67.1 Å². The normalized spacial score (nSPS) is 11.2. The third-order valence-corrected chi connectivity index (χ3v) is 6.48. The summed E-state index contributed by atoms with van der Waals surface area (Å²) in [7, 11) is 0. The fourth-order valence-corrected chi connectivity index (χ4v) is 4.63. The van der Waals surface area contributed by atoms with Crippen molar-refractivity contribution in [3.8, 4) is 45.3 Å². The van der Waals surface area contributed by atoms with Crippen LogP contribution in [0, 0.1) is 0 Å². The van der Waals surface area contributed by atoms with E-state index < -0.39 is 0 Å². The first-order valence-electron chi connectivity index (χ1n) is 12.3. The number of hydrogen-bond acceptors (Lipinski definition) is 6. The van der Waals surface area contributed by atoms with E-state index in [2.05, 4.69) is 46.4 Å². The van der Waals surface area contributed by atoms with Gasteiger partial charge in [0.15, 0.2) is 11.6 Å². The molecule has 6 heteroatoms. The van der Waals surface area contributed by atoms with E-state index in [1.165, 1.54) is 0 Å². The van der Waals surface area contributed by atoms with Crippen LogP contribution in [-0.2, 0) is 0 Å². The van der Waals surface area contributed by atoms with Gasteiger partial charge in [0.05, 0.1) is 22.4 Å². The lowest BCUT2D eigenvalue weighted by atomic mass is 10.0. The molecule has 0 N–H and O–H groups in total. The average Bonchev–Trinajstić information content (AvgIpc) is 3.01. The minimum absolute atomic E-state index is 0.652. The fraction of sp³-hybridized carbons (Fsp3) is 0. The highest BCUT2D eigenvalue weighted by Gasteiger charge is 2.14. The van der Waals surface area contributed by atoms with Crippen LogP contribution >= 0.6 is 0 Å². The van der Waals surface area contributed by atoms with Gasteiger partial charge in [-0.15, -0.1) is 0 Å². The first-order chi connectivity index (χ1) is 18.8. The van der Waals surface area contributed by atoms with Crippen LogP contribution in [0.4, 0.5) is 0 Å². The van der Waals surface area contributed by atoms with Crippen molar-refractivity contribution < 1.29 is 0 Å². The summed E-state index contributed by atoms with van der Waals surface area (Å²) in [6, 6.07) is 32.3. The summed E-state index contributed by atoms with van der Waals surface area (Å²) in [4.78, 5) is 28.0. The average molecular weight is 489 g/mol. The Balaban J connectivity index is 1.37. The molecule has 4 aromatic heterocycles. The summed E-state index contributed by atoms with van der Waals surface area (Å²) in [5.74, 6) is 1.30. The molecule has 0 spiro atoms. The number of para-hydroxylation sites is 2. The van der Waals surface area contributed by atoms with Crippen molar-refractivity contribution in [2.75, 3.05) is 0 Å². The van der Waals surface area contributed by atoms with Gasteiger partial charge in [0, 0.05) is 57.8 Å². The third kappa shape index (κ3) is 3.94. The van der Waals surface area contributed by atoms with Gasteiger partial charge in [-0.3, -0.25) is 9.97 Å². The van der Waals surface area contributed by atoms with Crippen molar-refractivity contribution in [3.63, 3.8) is 0 Å². The zero-order valence-corrected chi connectivity index (χ0v) is 20.2. The second kappa shape index (κ2) is 9.26. The van der Waals surface area contributed by atoms with Gasteiger partial charge in [-0.25, -0.2) is 19.9 Å². The molecule has 0 amide bonds. The quantitative estimate of drug-likeness (QED) is 0.265. The Morgan fingerprint density at radius 1 is 0.368 bits per heavy atom. The van der Waals surface area contributed by atoms with E-state index in [4.69, 9.17) is 19.9 Å². The predicted molar refractivity (Wildman–Crippen MR) is 150 cm³/mol. The third-order valence-electron chi connectivity index (χ3n) is 6.48. The standard InChI is InChI=1S/C32H20N6/c1-3-11-27-25(9-1)29(37-31(35-27)23-7-5-17-33-19-23)21-13-15-22(16-14-21)30-26-10-2-4-12-28(26)36-32(38-30)24-8-6-18-34-20-24/h1-20H. The maximum Gasteiger partial charge on any atom is 0.161 e. The molecule has 0 fully saturated rings. The monoisotopic (exact) mass is 488 g/mol. The van der Waals surface area contributed by atoms with Gasteiger partial charge in [0.1, 0.15) is 0 Å². The minimum atomic E-state index is 0.652. The molecular formula is C32H20N6. The van der Waals surface area contributed by atoms with Gasteiger partial charge < -0.3 is 0 Å². The lowest BCUT2D eigenvalue weighted by Crippen LogP contribution is -1.96. The Morgan fingerprint density at radius 2 is 0.816 bits per heavy atom. The largest absolute Gasteiger partial charge is 0.264 e. The molecule has 6 nitrogen and oxygen atoms in total. The van der Waals surface area contributed by atoms with Crippen molar-refractivity contribution in [1.82, 2.24) is 29.9 Å². The van der Waals surface area contributed by atoms with Crippen LogP contribution in [-0.4, -0.2) is 29.9 Å². The smallest absolute Gasteiger partial charge is 0.161 e. The van der Waals surface area contributed by atoms with Crippen LogP contribution in [0.15, 0.2) is 122 Å². The van der Waals surface area contributed by atoms with Gasteiger partial charge in [0.25, 0.3) is 0 Å². The molecule has 7 rings (SSSR count). The predicted octanol–water partition coefficient (Wildman–Crippen LogP) is 7.03. The Kier molecular flexibility index (Phi) is 5.33. The molecule has 38 heavy (non-hydrogen) atoms. The van der Waals surface area contributed by atoms with Crippen LogP contribution in [0.5, 0.6) is 0 Å². The SMILES string of the molecule is c1cncc(-c2nc(-c3ccc(-c4nc(-c5cccnc5)nc5ccccc45)cc3)c3ccccc3n2)c1. The van der Waals surface area contributed by atoms with Crippen molar-refractivity contribution in [3.05, 3.63) is 122 Å². The van der Waals surface area contributed by atoms with Gasteiger partial charge in [-0.05, 0) is 36.4 Å². The van der Waals surface area contributed by atoms with Gasteiger partial charge in [-0.1, -0.05) is 60.7 Å². The summed E-state index contributed by atoms with van der Waals surface area (Å²) >= 11 is 0. The molecule has 0 saturated carbocycles. The highest BCUT2D eigenvalue weighted by atomic mass is 14.9. The van der Waals surface area contributed by atoms with Crippen molar-refractivity contribution in [2.45, 2.75) is 0 Å². The van der Waals surface area contributed by atoms with E-state index in [-0.39, 0.29) is 0 Å². The molecule has 0 atom stereocenters. The maximum atomic E-state index is 4.96. The number of hydrogen-bond donors (Lipinski definition) is 0. The van der Waals surface area contributed by atoms with E-state index in [9.17, 15) is 0 Å². The van der Waals surface area contributed by atoms with Gasteiger partial charge in [0.2, 0.25) is 0 Å². The lowest BCUT2D eigenvalue weighted by molar-refractivity contribution is 1.20. The topological polar surface area (TPSA) is 77.3 Å². The number of nitrogens with zero attached hydrogens (tertiary/aromatic N) is 6. The summed E-state index contributed by atoms with van der Waals surface area (Å²) in [6.45, 7) is 0. The summed E-state index contributed by atoms with van der Waals surface area (Å²) in [5.41, 5.74) is 7.31. The summed E-state index contributed by atoms with van der Waals surface area (Å²) in [5, 5.41) is 2.00. The molecule has 0 aliphatic rings. The first-order valence-corrected chi connectivity index (χ1v) is 12.3. The van der Waals surface area contributed by atoms with Crippen LogP contribution < -0.4 is 0 Å². The number of aromatic nitrogens is 6. The number of fused-ring (bicyclic) bond motifs is 2. The van der Waals surface area contributed by atoms with Crippen molar-refractivity contribution in [2.24, 2.45) is 0 Å². The second-order valence-electron chi connectivity index (χ2n) is 8.89. The first kappa shape index (κ1) is 21.9. The lowest BCUT2D eigenvalue weighted by Gasteiger charge is -2.11. The van der Waals surface area contributed by atoms with Crippen molar-refractivity contribution >= 4 is 21.8 Å². The zero-order chi connectivity index (χ0) is 25.3. The van der Waals surface area contributed by atoms with E-state index in [0.29, 0.717) is 11.6 Å². The van der Waals surface area contributed by atoms with Crippen LogP contribution in [0.2, 0.25) is 0 Å². The molecular weight excluding hydrogens is 468 g/mol. The number of pyridine rings is 2. The van der Waals surface area contributed by atoms with Crippen LogP contribution in [0.1, 0.15) is 0 Å². The molecule has 3 aromatic carbocycles. The van der Waals surface area contributed by atoms with Crippen molar-refractivity contribution in [1.29, 1.82) is 0 Å². The Labute approximate surface area is 218 Å². The number of rotatable bonds is 4. The van der Waals surface area contributed by atoms with E-state index >= 15 is 0 Å². The molecule has 4 heterocycles. The van der Waals surface area contributed by atoms with Gasteiger partial charge in [-0.2, -0.15) is 0 Å². The van der Waals surface area contributed by atoms with E-state index in [1.807, 2.05) is 60.7 Å². The van der Waals surface area contributed by atoms with E-state index in [0.717, 1.165) is 55.4 Å². The Bertz CT molecular complexity index is 1760. The minimum Gasteiger partial charge on any atom is -0.264 e. The molecule has 0 unspecified atom stereocenters. The Morgan fingerprint density at radius 3 is 1.24 bits per heavy atom. The molecule has 0 aliphatic heterocycles. The Hall–Kier alpha value is -5.36. The summed E-state index contributed by atoms with van der Waals surface area (Å²) in [6.07, 6.45) is 7.08. The van der Waals surface area contributed by atoms with E-state index in [1.54, 1.807) is 24.8 Å². The zero-order valence-electron chi connectivity index (χ0n) is 20.2. The molecule has 0 aliphatic carbocycles. The highest BCUT2D eigenvalue weighted by molar-refractivity contribution is 5.96. The number of benzene rings is 3. The molecule has 0 radical (unpaired) electrons. The fourth-order valence-electron chi connectivity index (χ4n) is 4.63. The highest BCUT2D eigenvalue weighted by Crippen LogP contribution is 2.33. The molecule has 0 saturated heterocycles. The maximum absolute atomic E-state index is 4.96. The van der Waals surface area contributed by atoms with Gasteiger partial charge >= 0.3 is 0 Å².